The number of nitrogens with one attached hydrogen (secondary N) is 1. The number of fused-ring (bicyclic) bond motifs is 1. The summed E-state index contributed by atoms with van der Waals surface area (Å²) in [6, 6.07) is 11.5. The monoisotopic (exact) mass is 369 g/mol. The van der Waals surface area contributed by atoms with Crippen LogP contribution in [0.25, 0.3) is 10.9 Å². The largest absolute Gasteiger partial charge is 0.493 e. The second kappa shape index (κ2) is 7.61. The number of methoxy groups -OCH3 is 3. The molecule has 2 N–H and O–H groups in total. The Bertz CT molecular complexity index is 951. The van der Waals surface area contributed by atoms with E-state index in [1.54, 1.807) is 21.3 Å². The summed E-state index contributed by atoms with van der Waals surface area (Å²) in [7, 11) is 4.63. The van der Waals surface area contributed by atoms with Crippen LogP contribution < -0.4 is 14.2 Å². The summed E-state index contributed by atoms with van der Waals surface area (Å²) in [4.78, 5) is 15.0. The van der Waals surface area contributed by atoms with E-state index in [2.05, 4.69) is 4.98 Å². The molecule has 0 aliphatic heterocycles. The van der Waals surface area contributed by atoms with Gasteiger partial charge in [0, 0.05) is 22.5 Å². The van der Waals surface area contributed by atoms with Gasteiger partial charge in [-0.3, -0.25) is 4.79 Å². The maximum atomic E-state index is 11.7. The molecule has 3 aromatic rings. The number of hydrogen-bond donors (Lipinski definition) is 2. The Morgan fingerprint density at radius 3 is 2.26 bits per heavy atom. The summed E-state index contributed by atoms with van der Waals surface area (Å²) in [6.45, 7) is 1.96. The number of aryl methyl sites for hydroxylation is 1. The molecule has 27 heavy (non-hydrogen) atoms. The first-order valence-corrected chi connectivity index (χ1v) is 8.59. The average molecular weight is 369 g/mol. The Hall–Kier alpha value is -3.15. The van der Waals surface area contributed by atoms with Crippen molar-refractivity contribution < 1.29 is 24.1 Å². The molecule has 0 saturated carbocycles. The lowest BCUT2D eigenvalue weighted by Crippen LogP contribution is -2.10. The number of benzene rings is 2. The van der Waals surface area contributed by atoms with Crippen LogP contribution in [0.1, 0.15) is 29.2 Å². The fourth-order valence-corrected chi connectivity index (χ4v) is 3.61. The first-order valence-electron chi connectivity index (χ1n) is 8.59. The lowest BCUT2D eigenvalue weighted by molar-refractivity contribution is -0.137. The van der Waals surface area contributed by atoms with Crippen LogP contribution in [0, 0.1) is 6.92 Å². The lowest BCUT2D eigenvalue weighted by atomic mass is 9.86. The highest BCUT2D eigenvalue weighted by atomic mass is 16.5. The normalized spacial score (nSPS) is 12.0. The van der Waals surface area contributed by atoms with Crippen LogP contribution in [0.5, 0.6) is 17.2 Å². The summed E-state index contributed by atoms with van der Waals surface area (Å²) >= 11 is 0. The molecule has 6 heteroatoms. The van der Waals surface area contributed by atoms with E-state index in [1.807, 2.05) is 43.3 Å². The Labute approximate surface area is 157 Å². The Kier molecular flexibility index (Phi) is 5.26. The van der Waals surface area contributed by atoms with Crippen molar-refractivity contribution in [3.05, 3.63) is 53.2 Å². The molecule has 0 bridgehead atoms. The van der Waals surface area contributed by atoms with Crippen molar-refractivity contribution in [1.82, 2.24) is 4.98 Å². The van der Waals surface area contributed by atoms with Crippen LogP contribution in [-0.2, 0) is 4.79 Å². The summed E-state index contributed by atoms with van der Waals surface area (Å²) in [5.41, 5.74) is 3.67. The van der Waals surface area contributed by atoms with Gasteiger partial charge in [-0.05, 0) is 36.2 Å². The Morgan fingerprint density at radius 2 is 1.70 bits per heavy atom. The van der Waals surface area contributed by atoms with Gasteiger partial charge in [-0.15, -0.1) is 0 Å². The van der Waals surface area contributed by atoms with Crippen molar-refractivity contribution >= 4 is 16.9 Å². The highest BCUT2D eigenvalue weighted by Gasteiger charge is 2.26. The third-order valence-corrected chi connectivity index (χ3v) is 4.76. The summed E-state index contributed by atoms with van der Waals surface area (Å²) in [5.74, 6) is 0.235. The zero-order valence-corrected chi connectivity index (χ0v) is 15.8. The van der Waals surface area contributed by atoms with Crippen LogP contribution >= 0.6 is 0 Å². The van der Waals surface area contributed by atoms with Crippen molar-refractivity contribution in [3.8, 4) is 17.2 Å². The van der Waals surface area contributed by atoms with E-state index in [0.717, 1.165) is 27.7 Å². The highest BCUT2D eigenvalue weighted by Crippen LogP contribution is 2.43. The zero-order chi connectivity index (χ0) is 19.6. The van der Waals surface area contributed by atoms with Gasteiger partial charge in [0.05, 0.1) is 27.8 Å². The molecule has 0 fully saturated rings. The van der Waals surface area contributed by atoms with Crippen LogP contribution in [0.4, 0.5) is 0 Å². The first-order chi connectivity index (χ1) is 13.0. The number of rotatable bonds is 7. The number of aliphatic carboxylic acids is 1. The predicted molar refractivity (Wildman–Crippen MR) is 103 cm³/mol. The van der Waals surface area contributed by atoms with Gasteiger partial charge in [-0.1, -0.05) is 18.2 Å². The van der Waals surface area contributed by atoms with E-state index in [-0.39, 0.29) is 12.3 Å². The molecule has 0 radical (unpaired) electrons. The third kappa shape index (κ3) is 3.43. The smallest absolute Gasteiger partial charge is 0.304 e. The number of aromatic amines is 1. The maximum absolute atomic E-state index is 11.7. The molecule has 1 unspecified atom stereocenters. The minimum Gasteiger partial charge on any atom is -0.493 e. The topological polar surface area (TPSA) is 80.8 Å². The van der Waals surface area contributed by atoms with Crippen LogP contribution in [0.2, 0.25) is 0 Å². The molecule has 142 valence electrons. The third-order valence-electron chi connectivity index (χ3n) is 4.76. The van der Waals surface area contributed by atoms with Gasteiger partial charge in [0.2, 0.25) is 5.75 Å². The van der Waals surface area contributed by atoms with Crippen molar-refractivity contribution in [1.29, 1.82) is 0 Å². The summed E-state index contributed by atoms with van der Waals surface area (Å²) in [6.07, 6.45) is -0.0542. The minimum atomic E-state index is -0.876. The molecular weight excluding hydrogens is 346 g/mol. The lowest BCUT2D eigenvalue weighted by Gasteiger charge is -2.20. The second-order valence-electron chi connectivity index (χ2n) is 6.32. The molecule has 0 amide bonds. The standard InChI is InChI=1S/C21H23NO5/c1-12-20(14-7-5-6-8-16(14)22-12)15(11-19(23)24)13-9-17(25-2)21(27-4)18(10-13)26-3/h5-10,15,22H,11H2,1-4H3,(H,23,24). The Balaban J connectivity index is 2.24. The van der Waals surface area contributed by atoms with E-state index in [1.165, 1.54) is 0 Å². The molecule has 0 spiro atoms. The van der Waals surface area contributed by atoms with E-state index in [4.69, 9.17) is 14.2 Å². The van der Waals surface area contributed by atoms with Gasteiger partial charge >= 0.3 is 5.97 Å². The van der Waals surface area contributed by atoms with Gasteiger partial charge in [-0.25, -0.2) is 0 Å². The molecule has 1 atom stereocenters. The highest BCUT2D eigenvalue weighted by molar-refractivity contribution is 5.86. The van der Waals surface area contributed by atoms with E-state index >= 15 is 0 Å². The van der Waals surface area contributed by atoms with E-state index in [9.17, 15) is 9.90 Å². The quantitative estimate of drug-likeness (QED) is 0.655. The average Bonchev–Trinajstić information content (AvgIpc) is 3.00. The summed E-state index contributed by atoms with van der Waals surface area (Å²) < 4.78 is 16.3. The van der Waals surface area contributed by atoms with Gasteiger partial charge < -0.3 is 24.3 Å². The van der Waals surface area contributed by atoms with Crippen LogP contribution in [0.3, 0.4) is 0 Å². The zero-order valence-electron chi connectivity index (χ0n) is 15.8. The van der Waals surface area contributed by atoms with Gasteiger partial charge in [0.15, 0.2) is 11.5 Å². The molecule has 0 saturated heterocycles. The van der Waals surface area contributed by atoms with E-state index < -0.39 is 5.97 Å². The molecule has 1 aromatic heterocycles. The number of carbonyl (C=O) groups is 1. The fourth-order valence-electron chi connectivity index (χ4n) is 3.61. The number of para-hydroxylation sites is 1. The summed E-state index contributed by atoms with van der Waals surface area (Å²) in [5, 5.41) is 10.6. The van der Waals surface area contributed by atoms with E-state index in [0.29, 0.717) is 17.2 Å². The number of carboxylic acids is 1. The SMILES string of the molecule is COc1cc(C(CC(=O)O)c2c(C)[nH]c3ccccc23)cc(OC)c1OC. The van der Waals surface area contributed by atoms with Gasteiger partial charge in [0.1, 0.15) is 0 Å². The second-order valence-corrected chi connectivity index (χ2v) is 6.32. The van der Waals surface area contributed by atoms with Crippen molar-refractivity contribution in [2.24, 2.45) is 0 Å². The number of ether oxygens (including phenoxy) is 3. The van der Waals surface area contributed by atoms with Crippen molar-refractivity contribution in [3.63, 3.8) is 0 Å². The van der Waals surface area contributed by atoms with Gasteiger partial charge in [0.25, 0.3) is 0 Å². The van der Waals surface area contributed by atoms with Crippen LogP contribution in [0.15, 0.2) is 36.4 Å². The number of carboxylic acid groups (broad SMARTS) is 1. The minimum absolute atomic E-state index is 0.0542. The van der Waals surface area contributed by atoms with Crippen LogP contribution in [-0.4, -0.2) is 37.4 Å². The number of hydrogen-bond acceptors (Lipinski definition) is 4. The number of aromatic nitrogens is 1. The molecule has 3 rings (SSSR count). The molecular formula is C21H23NO5. The predicted octanol–water partition coefficient (Wildman–Crippen LogP) is 4.11. The first kappa shape index (κ1) is 18.6. The van der Waals surface area contributed by atoms with Gasteiger partial charge in [-0.2, -0.15) is 0 Å². The molecule has 1 heterocycles. The molecule has 2 aromatic carbocycles. The maximum Gasteiger partial charge on any atom is 0.304 e. The fraction of sp³-hybridized carbons (Fsp3) is 0.286. The number of H-pyrrole nitrogens is 1. The molecule has 6 nitrogen and oxygen atoms in total. The molecule has 0 aliphatic carbocycles. The van der Waals surface area contributed by atoms with Crippen molar-refractivity contribution in [2.75, 3.05) is 21.3 Å². The molecule has 0 aliphatic rings. The Morgan fingerprint density at radius 1 is 1.07 bits per heavy atom. The van der Waals surface area contributed by atoms with Crippen molar-refractivity contribution in [2.45, 2.75) is 19.3 Å².